The van der Waals surface area contributed by atoms with Crippen LogP contribution in [0, 0.1) is 13.8 Å². The van der Waals surface area contributed by atoms with E-state index >= 15 is 0 Å². The summed E-state index contributed by atoms with van der Waals surface area (Å²) in [4.78, 5) is 0. The number of aromatic nitrogens is 1. The van der Waals surface area contributed by atoms with E-state index in [0.29, 0.717) is 0 Å². The number of hydrogen-bond acceptors (Lipinski definition) is 1. The molecule has 0 radical (unpaired) electrons. The molecule has 0 fully saturated rings. The largest absolute Gasteiger partial charge is 0.240 e. The number of nitrogens with zero attached hydrogens (tertiary/aromatic N) is 1. The first-order chi connectivity index (χ1) is 6.29. The number of aryl methyl sites for hydroxylation is 1. The minimum Gasteiger partial charge on any atom is -0.240 e. The molecule has 1 atom stereocenters. The first-order valence-electron chi connectivity index (χ1n) is 4.35. The van der Waals surface area contributed by atoms with E-state index in [1.807, 2.05) is 12.3 Å². The summed E-state index contributed by atoms with van der Waals surface area (Å²) in [6, 6.07) is 10.5. The normalized spacial score (nSPS) is 11.7. The van der Waals surface area contributed by atoms with Crippen LogP contribution in [0.3, 0.4) is 0 Å². The zero-order chi connectivity index (χ0) is 9.26. The minimum atomic E-state index is -0.392. The van der Waals surface area contributed by atoms with E-state index in [-0.39, 0.29) is 0 Å². The van der Waals surface area contributed by atoms with E-state index in [1.54, 1.807) is 0 Å². The molecule has 0 saturated carbocycles. The summed E-state index contributed by atoms with van der Waals surface area (Å²) in [5.41, 5.74) is 1.33. The van der Waals surface area contributed by atoms with E-state index in [0.717, 1.165) is 0 Å². The third-order valence-corrected chi connectivity index (χ3v) is 4.38. The Morgan fingerprint density at radius 1 is 1.08 bits per heavy atom. The standard InChI is InChI=1S/C11H12NP/c1-9-8-12-13(10(9)2)11-6-4-3-5-7-11/h3-8H,1-2H3. The molecular formula is C11H12NP. The smallest absolute Gasteiger partial charge is 0.0349 e. The highest BCUT2D eigenvalue weighted by molar-refractivity contribution is 7.54. The van der Waals surface area contributed by atoms with Crippen LogP contribution in [0.1, 0.15) is 10.9 Å². The van der Waals surface area contributed by atoms with Gasteiger partial charge in [0.25, 0.3) is 0 Å². The summed E-state index contributed by atoms with van der Waals surface area (Å²) in [6.07, 6.45) is 1.99. The van der Waals surface area contributed by atoms with Crippen LogP contribution in [0.25, 0.3) is 5.30 Å². The monoisotopic (exact) mass is 189 g/mol. The molecule has 1 heterocycles. The number of rotatable bonds is 1. The average molecular weight is 189 g/mol. The molecule has 2 aromatic rings. The van der Waals surface area contributed by atoms with Crippen molar-refractivity contribution in [3.63, 3.8) is 0 Å². The summed E-state index contributed by atoms with van der Waals surface area (Å²) in [5, 5.41) is 2.78. The Labute approximate surface area is 79.6 Å². The fraction of sp³-hybridized carbons (Fsp3) is 0.182. The van der Waals surface area contributed by atoms with Crippen LogP contribution >= 0.6 is 7.69 Å². The molecule has 2 rings (SSSR count). The van der Waals surface area contributed by atoms with Crippen molar-refractivity contribution in [3.8, 4) is 5.30 Å². The van der Waals surface area contributed by atoms with Crippen molar-refractivity contribution < 1.29 is 0 Å². The van der Waals surface area contributed by atoms with E-state index < -0.39 is 7.69 Å². The number of hydrogen-bond donors (Lipinski definition) is 0. The molecule has 0 spiro atoms. The Morgan fingerprint density at radius 3 is 2.31 bits per heavy atom. The van der Waals surface area contributed by atoms with Crippen LogP contribution in [-0.2, 0) is 0 Å². The van der Waals surface area contributed by atoms with Crippen molar-refractivity contribution in [2.75, 3.05) is 0 Å². The van der Waals surface area contributed by atoms with Crippen LogP contribution in [-0.4, -0.2) is 4.75 Å². The predicted molar refractivity (Wildman–Crippen MR) is 57.8 cm³/mol. The second-order valence-electron chi connectivity index (χ2n) is 3.16. The highest BCUT2D eigenvalue weighted by Gasteiger charge is 2.04. The van der Waals surface area contributed by atoms with Gasteiger partial charge >= 0.3 is 0 Å². The first-order valence-corrected chi connectivity index (χ1v) is 5.65. The molecule has 0 bridgehead atoms. The Morgan fingerprint density at radius 2 is 1.77 bits per heavy atom. The fourth-order valence-corrected chi connectivity index (χ4v) is 3.15. The van der Waals surface area contributed by atoms with Crippen LogP contribution in [0.4, 0.5) is 0 Å². The molecule has 1 unspecified atom stereocenters. The molecular weight excluding hydrogens is 177 g/mol. The Balaban J connectivity index is 2.53. The molecule has 1 nitrogen and oxygen atoms in total. The van der Waals surface area contributed by atoms with Gasteiger partial charge in [0, 0.05) is 19.2 Å². The quantitative estimate of drug-likeness (QED) is 0.666. The summed E-state index contributed by atoms with van der Waals surface area (Å²) in [6.45, 7) is 4.31. The SMILES string of the molecule is Cc1cnp(-c2ccccc2)c1C. The third-order valence-electron chi connectivity index (χ3n) is 2.26. The van der Waals surface area contributed by atoms with Crippen molar-refractivity contribution in [2.45, 2.75) is 13.8 Å². The van der Waals surface area contributed by atoms with Gasteiger partial charge in [-0.1, -0.05) is 18.2 Å². The van der Waals surface area contributed by atoms with E-state index in [1.165, 1.54) is 16.2 Å². The molecule has 1 aromatic carbocycles. The summed E-state index contributed by atoms with van der Waals surface area (Å²) < 4.78 is 4.53. The zero-order valence-corrected chi connectivity index (χ0v) is 8.75. The van der Waals surface area contributed by atoms with Crippen molar-refractivity contribution in [1.29, 1.82) is 0 Å². The Hall–Kier alpha value is -1.07. The van der Waals surface area contributed by atoms with Crippen LogP contribution in [0.2, 0.25) is 0 Å². The molecule has 0 saturated heterocycles. The molecule has 66 valence electrons. The lowest BCUT2D eigenvalue weighted by Crippen LogP contribution is -1.69. The van der Waals surface area contributed by atoms with Crippen molar-refractivity contribution in [1.82, 2.24) is 4.75 Å². The van der Waals surface area contributed by atoms with Crippen LogP contribution < -0.4 is 0 Å². The lowest BCUT2D eigenvalue weighted by molar-refractivity contribution is 1.40. The van der Waals surface area contributed by atoms with Gasteiger partial charge in [-0.2, -0.15) is 0 Å². The molecule has 2 heteroatoms. The van der Waals surface area contributed by atoms with Gasteiger partial charge in [0.2, 0.25) is 0 Å². The maximum atomic E-state index is 4.53. The molecule has 0 aliphatic heterocycles. The van der Waals surface area contributed by atoms with Crippen LogP contribution in [0.15, 0.2) is 36.5 Å². The van der Waals surface area contributed by atoms with E-state index in [9.17, 15) is 0 Å². The van der Waals surface area contributed by atoms with Gasteiger partial charge < -0.3 is 0 Å². The maximum absolute atomic E-state index is 4.53. The van der Waals surface area contributed by atoms with E-state index in [4.69, 9.17) is 0 Å². The highest BCUT2D eigenvalue weighted by Crippen LogP contribution is 2.41. The highest BCUT2D eigenvalue weighted by atomic mass is 31.1. The molecule has 0 N–H and O–H groups in total. The average Bonchev–Trinajstić information content (AvgIpc) is 2.49. The summed E-state index contributed by atoms with van der Waals surface area (Å²) in [7, 11) is -0.392. The fourth-order valence-electron chi connectivity index (χ4n) is 1.32. The molecule has 0 aliphatic rings. The molecule has 13 heavy (non-hydrogen) atoms. The van der Waals surface area contributed by atoms with Crippen molar-refractivity contribution >= 4 is 7.69 Å². The molecule has 0 aliphatic carbocycles. The van der Waals surface area contributed by atoms with Gasteiger partial charge in [0.1, 0.15) is 0 Å². The molecule has 0 amide bonds. The van der Waals surface area contributed by atoms with Crippen LogP contribution in [0.5, 0.6) is 0 Å². The van der Waals surface area contributed by atoms with Gasteiger partial charge in [-0.3, -0.25) is 0 Å². The van der Waals surface area contributed by atoms with Crippen molar-refractivity contribution in [3.05, 3.63) is 47.4 Å². The second-order valence-corrected chi connectivity index (χ2v) is 5.20. The maximum Gasteiger partial charge on any atom is 0.0349 e. The second kappa shape index (κ2) is 3.35. The van der Waals surface area contributed by atoms with E-state index in [2.05, 4.69) is 42.9 Å². The minimum absolute atomic E-state index is 0.392. The first kappa shape index (κ1) is 8.52. The van der Waals surface area contributed by atoms with Crippen molar-refractivity contribution in [2.24, 2.45) is 0 Å². The number of benzene rings is 1. The molecule has 1 aromatic heterocycles. The van der Waals surface area contributed by atoms with Gasteiger partial charge in [-0.15, -0.1) is 0 Å². The summed E-state index contributed by atoms with van der Waals surface area (Å²) in [5.74, 6) is 0. The van der Waals surface area contributed by atoms with Gasteiger partial charge in [-0.25, -0.2) is 4.75 Å². The third kappa shape index (κ3) is 1.52. The zero-order valence-electron chi connectivity index (χ0n) is 7.86. The Bertz CT molecular complexity index is 403. The van der Waals surface area contributed by atoms with Gasteiger partial charge in [-0.05, 0) is 36.8 Å². The van der Waals surface area contributed by atoms with Gasteiger partial charge in [0.15, 0.2) is 0 Å². The predicted octanol–water partition coefficient (Wildman–Crippen LogP) is 3.67. The lowest BCUT2D eigenvalue weighted by atomic mass is 10.3. The lowest BCUT2D eigenvalue weighted by Gasteiger charge is -1.99. The topological polar surface area (TPSA) is 12.9 Å². The van der Waals surface area contributed by atoms with Gasteiger partial charge in [0.05, 0.1) is 0 Å². The summed E-state index contributed by atoms with van der Waals surface area (Å²) >= 11 is 0. The Kier molecular flexibility index (Phi) is 2.20.